The summed E-state index contributed by atoms with van der Waals surface area (Å²) in [5, 5.41) is 6.38. The Bertz CT molecular complexity index is 545. The van der Waals surface area contributed by atoms with Crippen molar-refractivity contribution in [3.63, 3.8) is 0 Å². The number of amides is 3. The number of nitrogens with zero attached hydrogens (tertiary/aromatic N) is 2. The van der Waals surface area contributed by atoms with E-state index in [-0.39, 0.29) is 11.9 Å². The summed E-state index contributed by atoms with van der Waals surface area (Å²) >= 11 is 1.49. The molecular weight excluding hydrogens is 312 g/mol. The van der Waals surface area contributed by atoms with Gasteiger partial charge >= 0.3 is 6.03 Å². The van der Waals surface area contributed by atoms with Crippen LogP contribution in [0.1, 0.15) is 30.1 Å². The Labute approximate surface area is 141 Å². The van der Waals surface area contributed by atoms with Crippen LogP contribution in [0.2, 0.25) is 0 Å². The van der Waals surface area contributed by atoms with Crippen molar-refractivity contribution in [1.82, 2.24) is 20.5 Å². The zero-order chi connectivity index (χ0) is 16.7. The second-order valence-electron chi connectivity index (χ2n) is 5.54. The maximum Gasteiger partial charge on any atom is 0.314 e. The quantitative estimate of drug-likeness (QED) is 0.806. The molecule has 0 unspecified atom stereocenters. The van der Waals surface area contributed by atoms with Gasteiger partial charge in [-0.25, -0.2) is 9.78 Å². The lowest BCUT2D eigenvalue weighted by Crippen LogP contribution is -2.43. The summed E-state index contributed by atoms with van der Waals surface area (Å²) in [6.45, 7) is 4.63. The molecule has 1 aliphatic rings. The second-order valence-corrected chi connectivity index (χ2v) is 6.33. The minimum Gasteiger partial charge on any atom is -0.339 e. The van der Waals surface area contributed by atoms with Crippen molar-refractivity contribution in [1.29, 1.82) is 0 Å². The molecule has 0 saturated carbocycles. The van der Waals surface area contributed by atoms with E-state index in [9.17, 15) is 9.59 Å². The summed E-state index contributed by atoms with van der Waals surface area (Å²) in [5.74, 6) is 0.480. The maximum atomic E-state index is 12.6. The Morgan fingerprint density at radius 2 is 2.09 bits per heavy atom. The third-order valence-corrected chi connectivity index (χ3v) is 4.70. The van der Waals surface area contributed by atoms with Crippen LogP contribution in [0.25, 0.3) is 0 Å². The fourth-order valence-electron chi connectivity index (χ4n) is 2.69. The fourth-order valence-corrected chi connectivity index (χ4v) is 3.23. The molecule has 1 aromatic rings. The molecule has 126 valence electrons. The van der Waals surface area contributed by atoms with Crippen LogP contribution in [0.5, 0.6) is 0 Å². The Balaban J connectivity index is 1.84. The summed E-state index contributed by atoms with van der Waals surface area (Å²) in [6, 6.07) is 3.52. The zero-order valence-electron chi connectivity index (χ0n) is 13.7. The van der Waals surface area contributed by atoms with Gasteiger partial charge in [-0.3, -0.25) is 4.79 Å². The van der Waals surface area contributed by atoms with Gasteiger partial charge in [-0.2, -0.15) is 0 Å². The predicted octanol–water partition coefficient (Wildman–Crippen LogP) is 1.97. The van der Waals surface area contributed by atoms with E-state index in [1.165, 1.54) is 11.8 Å². The molecule has 1 saturated heterocycles. The number of rotatable bonds is 5. The lowest BCUT2D eigenvalue weighted by atomic mass is 9.96. The molecular formula is C16H24N4O2S. The van der Waals surface area contributed by atoms with E-state index in [0.29, 0.717) is 24.6 Å². The Morgan fingerprint density at radius 1 is 1.35 bits per heavy atom. The summed E-state index contributed by atoms with van der Waals surface area (Å²) in [4.78, 5) is 30.2. The van der Waals surface area contributed by atoms with Crippen molar-refractivity contribution in [2.75, 3.05) is 32.4 Å². The molecule has 3 amide bonds. The lowest BCUT2D eigenvalue weighted by molar-refractivity contribution is 0.0686. The van der Waals surface area contributed by atoms with E-state index < -0.39 is 0 Å². The molecule has 1 fully saturated rings. The number of aromatic nitrogens is 1. The van der Waals surface area contributed by atoms with E-state index in [4.69, 9.17) is 0 Å². The highest BCUT2D eigenvalue weighted by molar-refractivity contribution is 7.98. The van der Waals surface area contributed by atoms with E-state index in [2.05, 4.69) is 15.6 Å². The van der Waals surface area contributed by atoms with E-state index in [1.54, 1.807) is 12.3 Å². The standard InChI is InChI=1S/C16H24N4O2S/c1-3-17-16(22)19-11-12-6-9-20(10-7-12)15(21)13-5-4-8-18-14(13)23-2/h4-5,8,12H,3,6-7,9-11H2,1-2H3,(H2,17,19,22). The number of nitrogens with one attached hydrogen (secondary N) is 2. The first-order chi connectivity index (χ1) is 11.2. The van der Waals surface area contributed by atoms with Gasteiger partial charge in [0, 0.05) is 32.4 Å². The van der Waals surface area contributed by atoms with Crippen molar-refractivity contribution >= 4 is 23.7 Å². The average Bonchev–Trinajstić information content (AvgIpc) is 2.60. The summed E-state index contributed by atoms with van der Waals surface area (Å²) in [6.07, 6.45) is 5.46. The summed E-state index contributed by atoms with van der Waals surface area (Å²) in [7, 11) is 0. The van der Waals surface area contributed by atoms with Crippen LogP contribution in [-0.4, -0.2) is 54.3 Å². The van der Waals surface area contributed by atoms with Gasteiger partial charge in [-0.1, -0.05) is 0 Å². The Morgan fingerprint density at radius 3 is 2.74 bits per heavy atom. The van der Waals surface area contributed by atoms with Crippen LogP contribution in [0.3, 0.4) is 0 Å². The zero-order valence-corrected chi connectivity index (χ0v) is 14.5. The third kappa shape index (κ3) is 4.86. The molecule has 2 heterocycles. The number of thioether (sulfide) groups is 1. The van der Waals surface area contributed by atoms with Crippen molar-refractivity contribution in [3.8, 4) is 0 Å². The fraction of sp³-hybridized carbons (Fsp3) is 0.562. The van der Waals surface area contributed by atoms with Gasteiger partial charge in [0.15, 0.2) is 0 Å². The minimum absolute atomic E-state index is 0.0533. The summed E-state index contributed by atoms with van der Waals surface area (Å²) < 4.78 is 0. The first-order valence-electron chi connectivity index (χ1n) is 7.95. The molecule has 1 aromatic heterocycles. The van der Waals surface area contributed by atoms with Crippen LogP contribution in [0.15, 0.2) is 23.4 Å². The molecule has 2 N–H and O–H groups in total. The second kappa shape index (κ2) is 8.76. The number of likely N-dealkylation sites (tertiary alicyclic amines) is 1. The van der Waals surface area contributed by atoms with Crippen LogP contribution in [0.4, 0.5) is 4.79 Å². The Hall–Kier alpha value is -1.76. The maximum absolute atomic E-state index is 12.6. The molecule has 0 spiro atoms. The molecule has 0 aromatic carbocycles. The van der Waals surface area contributed by atoms with Crippen LogP contribution in [0, 0.1) is 5.92 Å². The van der Waals surface area contributed by atoms with Gasteiger partial charge in [0.05, 0.1) is 5.56 Å². The van der Waals surface area contributed by atoms with Gasteiger partial charge in [-0.05, 0) is 44.1 Å². The predicted molar refractivity (Wildman–Crippen MR) is 91.7 cm³/mol. The number of carbonyl (C=O) groups excluding carboxylic acids is 2. The number of carbonyl (C=O) groups is 2. The van der Waals surface area contributed by atoms with E-state index in [0.717, 1.165) is 31.0 Å². The molecule has 0 radical (unpaired) electrons. The van der Waals surface area contributed by atoms with Crippen LogP contribution >= 0.6 is 11.8 Å². The third-order valence-electron chi connectivity index (χ3n) is 3.99. The van der Waals surface area contributed by atoms with Gasteiger partial charge in [0.25, 0.3) is 5.91 Å². The monoisotopic (exact) mass is 336 g/mol. The largest absolute Gasteiger partial charge is 0.339 e. The van der Waals surface area contributed by atoms with Crippen molar-refractivity contribution in [2.24, 2.45) is 5.92 Å². The number of piperidine rings is 1. The van der Waals surface area contributed by atoms with Gasteiger partial charge in [0.1, 0.15) is 5.03 Å². The van der Waals surface area contributed by atoms with Crippen LogP contribution in [-0.2, 0) is 0 Å². The number of hydrogen-bond acceptors (Lipinski definition) is 4. The van der Waals surface area contributed by atoms with Crippen molar-refractivity contribution in [3.05, 3.63) is 23.9 Å². The number of hydrogen-bond donors (Lipinski definition) is 2. The average molecular weight is 336 g/mol. The molecule has 7 heteroatoms. The van der Waals surface area contributed by atoms with Gasteiger partial charge < -0.3 is 15.5 Å². The lowest BCUT2D eigenvalue weighted by Gasteiger charge is -2.32. The topological polar surface area (TPSA) is 74.3 Å². The van der Waals surface area contributed by atoms with Gasteiger partial charge in [0.2, 0.25) is 0 Å². The molecule has 2 rings (SSSR count). The SMILES string of the molecule is CCNC(=O)NCC1CCN(C(=O)c2cccnc2SC)CC1. The van der Waals surface area contributed by atoms with Crippen LogP contribution < -0.4 is 10.6 Å². The molecule has 1 aliphatic heterocycles. The first-order valence-corrected chi connectivity index (χ1v) is 9.18. The smallest absolute Gasteiger partial charge is 0.314 e. The number of urea groups is 1. The highest BCUT2D eigenvalue weighted by Crippen LogP contribution is 2.22. The molecule has 0 atom stereocenters. The van der Waals surface area contributed by atoms with E-state index >= 15 is 0 Å². The molecule has 23 heavy (non-hydrogen) atoms. The minimum atomic E-state index is -0.119. The normalized spacial score (nSPS) is 15.3. The van der Waals surface area contributed by atoms with Gasteiger partial charge in [-0.15, -0.1) is 11.8 Å². The molecule has 0 bridgehead atoms. The molecule has 0 aliphatic carbocycles. The van der Waals surface area contributed by atoms with Crippen molar-refractivity contribution in [2.45, 2.75) is 24.8 Å². The van der Waals surface area contributed by atoms with E-state index in [1.807, 2.05) is 24.1 Å². The van der Waals surface area contributed by atoms with Crippen molar-refractivity contribution < 1.29 is 9.59 Å². The highest BCUT2D eigenvalue weighted by Gasteiger charge is 2.25. The Kier molecular flexibility index (Phi) is 6.70. The first kappa shape index (κ1) is 17.6. The summed E-state index contributed by atoms with van der Waals surface area (Å²) in [5.41, 5.74) is 0.680. The number of pyridine rings is 1. The highest BCUT2D eigenvalue weighted by atomic mass is 32.2. The molecule has 6 nitrogen and oxygen atoms in total.